The summed E-state index contributed by atoms with van der Waals surface area (Å²) in [5.41, 5.74) is 1.30. The van der Waals surface area contributed by atoms with Crippen LogP contribution < -0.4 is 5.32 Å². The second kappa shape index (κ2) is 8.52. The number of hydrogen-bond acceptors (Lipinski definition) is 3. The van der Waals surface area contributed by atoms with Crippen molar-refractivity contribution in [3.63, 3.8) is 0 Å². The maximum atomic E-state index is 12.3. The Morgan fingerprint density at radius 2 is 1.77 bits per heavy atom. The molecule has 2 aromatic carbocycles. The van der Waals surface area contributed by atoms with Gasteiger partial charge in [-0.1, -0.05) is 35.3 Å². The first-order valence-electron chi connectivity index (χ1n) is 7.52. The molecule has 132 valence electrons. The number of nitrogens with zero attached hydrogens (tertiary/aromatic N) is 2. The number of carbonyl (C=O) groups is 2. The quantitative estimate of drug-likeness (QED) is 0.629. The highest BCUT2D eigenvalue weighted by atomic mass is 35.5. The predicted molar refractivity (Wildman–Crippen MR) is 103 cm³/mol. The molecule has 2 amide bonds. The van der Waals surface area contributed by atoms with Gasteiger partial charge in [0.25, 0.3) is 11.8 Å². The number of hydrogen-bond donors (Lipinski definition) is 1. The summed E-state index contributed by atoms with van der Waals surface area (Å²) in [5, 5.41) is 12.5. The molecule has 0 saturated heterocycles. The first-order valence-corrected chi connectivity index (χ1v) is 8.28. The fourth-order valence-electron chi connectivity index (χ4n) is 2.09. The number of nitriles is 1. The summed E-state index contributed by atoms with van der Waals surface area (Å²) < 4.78 is 0. The van der Waals surface area contributed by atoms with Gasteiger partial charge in [0.1, 0.15) is 11.6 Å². The summed E-state index contributed by atoms with van der Waals surface area (Å²) >= 11 is 12.0. The van der Waals surface area contributed by atoms with Crippen molar-refractivity contribution in [3.05, 3.63) is 69.2 Å². The molecule has 0 bridgehead atoms. The van der Waals surface area contributed by atoms with Gasteiger partial charge in [0, 0.05) is 25.3 Å². The SMILES string of the molecule is CN(C)C(=O)c1ccc(NC(=O)C(C#N)=Cc2cccc(Cl)c2Cl)cc1. The van der Waals surface area contributed by atoms with Crippen LogP contribution in [0.3, 0.4) is 0 Å². The van der Waals surface area contributed by atoms with Gasteiger partial charge in [-0.05, 0) is 42.0 Å². The van der Waals surface area contributed by atoms with Gasteiger partial charge in [-0.15, -0.1) is 0 Å². The van der Waals surface area contributed by atoms with Crippen molar-refractivity contribution in [1.82, 2.24) is 4.90 Å². The number of carbonyl (C=O) groups excluding carboxylic acids is 2. The molecule has 0 spiro atoms. The molecule has 0 aliphatic rings. The van der Waals surface area contributed by atoms with Gasteiger partial charge in [-0.25, -0.2) is 0 Å². The van der Waals surface area contributed by atoms with Crippen LogP contribution in [0.25, 0.3) is 6.08 Å². The molecule has 26 heavy (non-hydrogen) atoms. The van der Waals surface area contributed by atoms with Gasteiger partial charge < -0.3 is 10.2 Å². The third kappa shape index (κ3) is 4.63. The largest absolute Gasteiger partial charge is 0.345 e. The zero-order valence-corrected chi connectivity index (χ0v) is 15.6. The zero-order valence-electron chi connectivity index (χ0n) is 14.1. The average molecular weight is 388 g/mol. The number of nitrogens with one attached hydrogen (secondary N) is 1. The lowest BCUT2D eigenvalue weighted by Crippen LogP contribution is -2.21. The molecule has 0 unspecified atom stereocenters. The van der Waals surface area contributed by atoms with Crippen molar-refractivity contribution in [2.75, 3.05) is 19.4 Å². The Morgan fingerprint density at radius 3 is 2.35 bits per heavy atom. The van der Waals surface area contributed by atoms with Crippen molar-refractivity contribution in [2.45, 2.75) is 0 Å². The number of halogens is 2. The van der Waals surface area contributed by atoms with Gasteiger partial charge >= 0.3 is 0 Å². The molecular weight excluding hydrogens is 373 g/mol. The van der Waals surface area contributed by atoms with Crippen molar-refractivity contribution >= 4 is 46.8 Å². The lowest BCUT2D eigenvalue weighted by atomic mass is 10.1. The Kier molecular flexibility index (Phi) is 6.40. The number of amides is 2. The van der Waals surface area contributed by atoms with E-state index in [-0.39, 0.29) is 16.5 Å². The first-order chi connectivity index (χ1) is 12.3. The van der Waals surface area contributed by atoms with E-state index in [1.165, 1.54) is 11.0 Å². The molecule has 2 aromatic rings. The second-order valence-electron chi connectivity index (χ2n) is 5.54. The Labute approximate surface area is 161 Å². The van der Waals surface area contributed by atoms with Crippen molar-refractivity contribution < 1.29 is 9.59 Å². The number of rotatable bonds is 4. The van der Waals surface area contributed by atoms with Gasteiger partial charge in [-0.2, -0.15) is 5.26 Å². The van der Waals surface area contributed by atoms with Crippen LogP contribution in [0.1, 0.15) is 15.9 Å². The smallest absolute Gasteiger partial charge is 0.266 e. The predicted octanol–water partition coefficient (Wildman–Crippen LogP) is 4.24. The topological polar surface area (TPSA) is 73.2 Å². The molecule has 0 atom stereocenters. The van der Waals surface area contributed by atoms with E-state index < -0.39 is 5.91 Å². The second-order valence-corrected chi connectivity index (χ2v) is 6.33. The highest BCUT2D eigenvalue weighted by Gasteiger charge is 2.12. The summed E-state index contributed by atoms with van der Waals surface area (Å²) in [4.78, 5) is 25.6. The summed E-state index contributed by atoms with van der Waals surface area (Å²) in [5.74, 6) is -0.730. The molecule has 0 aromatic heterocycles. The fourth-order valence-corrected chi connectivity index (χ4v) is 2.45. The molecule has 7 heteroatoms. The van der Waals surface area contributed by atoms with Crippen LogP contribution in [0.4, 0.5) is 5.69 Å². The summed E-state index contributed by atoms with van der Waals surface area (Å²) in [6, 6.07) is 13.2. The van der Waals surface area contributed by atoms with Crippen LogP contribution in [-0.4, -0.2) is 30.8 Å². The molecule has 0 heterocycles. The Hall–Kier alpha value is -2.81. The Bertz CT molecular complexity index is 913. The minimum Gasteiger partial charge on any atom is -0.345 e. The van der Waals surface area contributed by atoms with Crippen molar-refractivity contribution in [2.24, 2.45) is 0 Å². The summed E-state index contributed by atoms with van der Waals surface area (Å²) in [7, 11) is 3.31. The lowest BCUT2D eigenvalue weighted by molar-refractivity contribution is -0.112. The van der Waals surface area contributed by atoms with E-state index in [9.17, 15) is 14.9 Å². The normalized spacial score (nSPS) is 10.8. The van der Waals surface area contributed by atoms with Gasteiger partial charge in [0.15, 0.2) is 0 Å². The maximum Gasteiger partial charge on any atom is 0.266 e. The highest BCUT2D eigenvalue weighted by Crippen LogP contribution is 2.27. The minimum absolute atomic E-state index is 0.123. The van der Waals surface area contributed by atoms with Crippen LogP contribution in [0.2, 0.25) is 10.0 Å². The molecule has 5 nitrogen and oxygen atoms in total. The molecule has 0 aliphatic carbocycles. The fraction of sp³-hybridized carbons (Fsp3) is 0.105. The minimum atomic E-state index is -0.588. The van der Waals surface area contributed by atoms with E-state index in [2.05, 4.69) is 5.32 Å². The van der Waals surface area contributed by atoms with E-state index in [0.717, 1.165) is 0 Å². The first kappa shape index (κ1) is 19.5. The van der Waals surface area contributed by atoms with E-state index >= 15 is 0 Å². The van der Waals surface area contributed by atoms with Gasteiger partial charge in [0.2, 0.25) is 0 Å². The molecule has 0 fully saturated rings. The molecular formula is C19H15Cl2N3O2. The molecule has 0 saturated carbocycles. The van der Waals surface area contributed by atoms with Crippen molar-refractivity contribution in [3.8, 4) is 6.07 Å². The van der Waals surface area contributed by atoms with E-state index in [1.54, 1.807) is 56.6 Å². The Balaban J connectivity index is 2.20. The van der Waals surface area contributed by atoms with E-state index in [0.29, 0.717) is 21.8 Å². The maximum absolute atomic E-state index is 12.3. The summed E-state index contributed by atoms with van der Waals surface area (Å²) in [6.07, 6.45) is 1.37. The standard InChI is InChI=1S/C19H15Cl2N3O2/c1-24(2)19(26)12-6-8-15(9-7-12)23-18(25)14(11-22)10-13-4-3-5-16(20)17(13)21/h3-10H,1-2H3,(H,23,25). The van der Waals surface area contributed by atoms with Crippen LogP contribution >= 0.6 is 23.2 Å². The molecule has 1 N–H and O–H groups in total. The highest BCUT2D eigenvalue weighted by molar-refractivity contribution is 6.43. The van der Waals surface area contributed by atoms with Gasteiger partial charge in [0.05, 0.1) is 10.0 Å². The number of anilines is 1. The lowest BCUT2D eigenvalue weighted by Gasteiger charge is -2.11. The van der Waals surface area contributed by atoms with Crippen LogP contribution in [0.5, 0.6) is 0 Å². The van der Waals surface area contributed by atoms with Crippen molar-refractivity contribution in [1.29, 1.82) is 5.26 Å². The zero-order chi connectivity index (χ0) is 19.3. The average Bonchev–Trinajstić information content (AvgIpc) is 2.62. The molecule has 0 radical (unpaired) electrons. The summed E-state index contributed by atoms with van der Waals surface area (Å²) in [6.45, 7) is 0. The third-order valence-electron chi connectivity index (χ3n) is 3.44. The van der Waals surface area contributed by atoms with Gasteiger partial charge in [-0.3, -0.25) is 9.59 Å². The van der Waals surface area contributed by atoms with E-state index in [1.807, 2.05) is 6.07 Å². The molecule has 0 aliphatic heterocycles. The van der Waals surface area contributed by atoms with E-state index in [4.69, 9.17) is 23.2 Å². The van der Waals surface area contributed by atoms with Crippen LogP contribution in [-0.2, 0) is 4.79 Å². The van der Waals surface area contributed by atoms with Crippen LogP contribution in [0, 0.1) is 11.3 Å². The monoisotopic (exact) mass is 387 g/mol. The number of benzene rings is 2. The molecule has 2 rings (SSSR count). The van der Waals surface area contributed by atoms with Crippen LogP contribution in [0.15, 0.2) is 48.0 Å². The Morgan fingerprint density at radius 1 is 1.12 bits per heavy atom. The third-order valence-corrected chi connectivity index (χ3v) is 4.28.